The number of nitrogens with zero attached hydrogens (tertiary/aromatic N) is 3. The number of aromatic amines is 1. The molecule has 0 saturated heterocycles. The summed E-state index contributed by atoms with van der Waals surface area (Å²) in [7, 11) is 0. The molecular weight excluding hydrogens is 388 g/mol. The molecule has 4 aromatic rings. The maximum atomic E-state index is 11.8. The molecule has 0 aliphatic rings. The first-order valence-corrected chi connectivity index (χ1v) is 9.24. The average molecular weight is 406 g/mol. The van der Waals surface area contributed by atoms with Gasteiger partial charge in [0.05, 0.1) is 22.8 Å². The van der Waals surface area contributed by atoms with Crippen molar-refractivity contribution in [1.29, 1.82) is 0 Å². The summed E-state index contributed by atoms with van der Waals surface area (Å²) in [5, 5.41) is 21.9. The van der Waals surface area contributed by atoms with Crippen molar-refractivity contribution >= 4 is 22.7 Å². The lowest BCUT2D eigenvalue weighted by Gasteiger charge is -2.07. The number of carboxylic acid groups (broad SMARTS) is 1. The second-order valence-corrected chi connectivity index (χ2v) is 6.58. The fraction of sp³-hybridized carbons (Fsp3) is 0.143. The van der Waals surface area contributed by atoms with E-state index in [4.69, 9.17) is 4.74 Å². The number of aromatic nitrogens is 3. The van der Waals surface area contributed by atoms with Crippen molar-refractivity contribution in [2.24, 2.45) is 0 Å². The molecular formula is C21H18N4O5. The highest BCUT2D eigenvalue weighted by Crippen LogP contribution is 2.41. The van der Waals surface area contributed by atoms with Crippen molar-refractivity contribution in [3.8, 4) is 22.6 Å². The number of nitro benzene ring substituents is 1. The lowest BCUT2D eigenvalue weighted by molar-refractivity contribution is -0.383. The molecule has 2 aromatic carbocycles. The Morgan fingerprint density at radius 2 is 2.07 bits per heavy atom. The topological polar surface area (TPSA) is 123 Å². The molecule has 2 N–H and O–H groups in total. The minimum absolute atomic E-state index is 0.112. The van der Waals surface area contributed by atoms with E-state index in [2.05, 4.69) is 9.97 Å². The fourth-order valence-electron chi connectivity index (χ4n) is 3.48. The predicted octanol–water partition coefficient (Wildman–Crippen LogP) is 4.67. The second kappa shape index (κ2) is 7.80. The predicted molar refractivity (Wildman–Crippen MR) is 110 cm³/mol. The van der Waals surface area contributed by atoms with Gasteiger partial charge in [0.15, 0.2) is 5.82 Å². The van der Waals surface area contributed by atoms with Crippen LogP contribution in [0.3, 0.4) is 0 Å². The van der Waals surface area contributed by atoms with Gasteiger partial charge in [-0.15, -0.1) is 0 Å². The number of nitrogens with one attached hydrogen (secondary N) is 1. The molecule has 0 bridgehead atoms. The number of rotatable bonds is 6. The van der Waals surface area contributed by atoms with Crippen molar-refractivity contribution in [1.82, 2.24) is 14.5 Å². The quantitative estimate of drug-likeness (QED) is 0.354. The molecule has 0 saturated carbocycles. The van der Waals surface area contributed by atoms with Crippen molar-refractivity contribution in [2.75, 3.05) is 6.61 Å². The summed E-state index contributed by atoms with van der Waals surface area (Å²) in [6.45, 7) is 2.50. The van der Waals surface area contributed by atoms with Gasteiger partial charge in [-0.2, -0.15) is 0 Å². The SMILES string of the molecule is CCOCc1cc([N+](=O)[O-])c2[nH]c(-c3ccccc3)c(-c3nccn3C(=O)O)c2c1. The fourth-order valence-corrected chi connectivity index (χ4v) is 3.48. The smallest absolute Gasteiger partial charge is 0.417 e. The number of hydrogen-bond donors (Lipinski definition) is 2. The van der Waals surface area contributed by atoms with Crippen LogP contribution in [-0.2, 0) is 11.3 Å². The van der Waals surface area contributed by atoms with Crippen molar-refractivity contribution < 1.29 is 19.6 Å². The highest BCUT2D eigenvalue weighted by atomic mass is 16.6. The molecule has 0 spiro atoms. The van der Waals surface area contributed by atoms with Gasteiger partial charge in [-0.3, -0.25) is 10.1 Å². The van der Waals surface area contributed by atoms with E-state index in [-0.39, 0.29) is 18.1 Å². The average Bonchev–Trinajstić information content (AvgIpc) is 3.36. The summed E-state index contributed by atoms with van der Waals surface area (Å²) in [4.78, 5) is 30.4. The maximum Gasteiger partial charge on any atom is 0.417 e. The van der Waals surface area contributed by atoms with E-state index in [1.807, 2.05) is 37.3 Å². The largest absolute Gasteiger partial charge is 0.464 e. The molecule has 0 unspecified atom stereocenters. The number of nitro groups is 1. The van der Waals surface area contributed by atoms with E-state index in [9.17, 15) is 20.0 Å². The van der Waals surface area contributed by atoms with Gasteiger partial charge in [-0.1, -0.05) is 30.3 Å². The Labute approximate surface area is 170 Å². The summed E-state index contributed by atoms with van der Waals surface area (Å²) in [6.07, 6.45) is 1.52. The molecule has 30 heavy (non-hydrogen) atoms. The van der Waals surface area contributed by atoms with Gasteiger partial charge in [0.1, 0.15) is 5.52 Å². The number of carbonyl (C=O) groups is 1. The summed E-state index contributed by atoms with van der Waals surface area (Å²) >= 11 is 0. The Kier molecular flexibility index (Phi) is 5.03. The number of benzene rings is 2. The first-order valence-electron chi connectivity index (χ1n) is 9.24. The molecule has 9 heteroatoms. The number of ether oxygens (including phenoxy) is 1. The summed E-state index contributed by atoms with van der Waals surface area (Å²) < 4.78 is 6.44. The monoisotopic (exact) mass is 406 g/mol. The molecule has 0 amide bonds. The van der Waals surface area contributed by atoms with E-state index >= 15 is 0 Å². The summed E-state index contributed by atoms with van der Waals surface area (Å²) in [5.74, 6) is 0.176. The molecule has 0 aliphatic carbocycles. The van der Waals surface area contributed by atoms with Crippen LogP contribution in [0.15, 0.2) is 54.9 Å². The third-order valence-corrected chi connectivity index (χ3v) is 4.75. The molecule has 2 heterocycles. The van der Waals surface area contributed by atoms with Gasteiger partial charge in [0.2, 0.25) is 0 Å². The van der Waals surface area contributed by atoms with Crippen LogP contribution in [0.5, 0.6) is 0 Å². The molecule has 0 fully saturated rings. The highest BCUT2D eigenvalue weighted by molar-refractivity contribution is 6.06. The van der Waals surface area contributed by atoms with Crippen LogP contribution >= 0.6 is 0 Å². The zero-order valence-electron chi connectivity index (χ0n) is 16.0. The van der Waals surface area contributed by atoms with Gasteiger partial charge < -0.3 is 14.8 Å². The van der Waals surface area contributed by atoms with E-state index in [1.165, 1.54) is 18.5 Å². The molecule has 0 radical (unpaired) electrons. The minimum Gasteiger partial charge on any atom is -0.464 e. The van der Waals surface area contributed by atoms with E-state index in [0.29, 0.717) is 34.3 Å². The van der Waals surface area contributed by atoms with Crippen LogP contribution < -0.4 is 0 Å². The normalized spacial score (nSPS) is 11.1. The first kappa shape index (κ1) is 19.3. The van der Waals surface area contributed by atoms with Crippen LogP contribution in [-0.4, -0.2) is 37.3 Å². The van der Waals surface area contributed by atoms with Gasteiger partial charge in [0.25, 0.3) is 5.69 Å². The maximum absolute atomic E-state index is 11.8. The van der Waals surface area contributed by atoms with Crippen LogP contribution in [0.25, 0.3) is 33.5 Å². The minimum atomic E-state index is -1.20. The van der Waals surface area contributed by atoms with Crippen LogP contribution in [0.4, 0.5) is 10.5 Å². The highest BCUT2D eigenvalue weighted by Gasteiger charge is 2.26. The molecule has 152 valence electrons. The second-order valence-electron chi connectivity index (χ2n) is 6.58. The van der Waals surface area contributed by atoms with Crippen LogP contribution in [0.1, 0.15) is 12.5 Å². The van der Waals surface area contributed by atoms with Gasteiger partial charge >= 0.3 is 6.09 Å². The molecule has 4 rings (SSSR count). The van der Waals surface area contributed by atoms with E-state index in [1.54, 1.807) is 6.07 Å². The number of fused-ring (bicyclic) bond motifs is 1. The Bertz CT molecular complexity index is 1240. The Balaban J connectivity index is 2.10. The standard InChI is InChI=1S/C21H18N4O5/c1-2-30-12-13-10-15-17(20-22-8-9-24(20)21(26)27)18(14-6-4-3-5-7-14)23-19(15)16(11-13)25(28)29/h3-11,23H,2,12H2,1H3,(H,26,27). The van der Waals surface area contributed by atoms with Crippen LogP contribution in [0.2, 0.25) is 0 Å². The number of H-pyrrole nitrogens is 1. The van der Waals surface area contributed by atoms with Crippen LogP contribution in [0, 0.1) is 10.1 Å². The summed E-state index contributed by atoms with van der Waals surface area (Å²) in [5.41, 5.74) is 2.59. The lowest BCUT2D eigenvalue weighted by atomic mass is 10.0. The van der Waals surface area contributed by atoms with Crippen molar-refractivity contribution in [3.63, 3.8) is 0 Å². The van der Waals surface area contributed by atoms with Gasteiger partial charge in [-0.25, -0.2) is 14.3 Å². The third kappa shape index (κ3) is 3.31. The number of hydrogen-bond acceptors (Lipinski definition) is 5. The zero-order valence-corrected chi connectivity index (χ0v) is 16.0. The molecule has 0 aliphatic heterocycles. The third-order valence-electron chi connectivity index (χ3n) is 4.75. The molecule has 0 atom stereocenters. The molecule has 2 aromatic heterocycles. The zero-order chi connectivity index (χ0) is 21.3. The lowest BCUT2D eigenvalue weighted by Crippen LogP contribution is -2.08. The Hall–Kier alpha value is -3.98. The first-order chi connectivity index (χ1) is 14.5. The Morgan fingerprint density at radius 1 is 1.30 bits per heavy atom. The number of imidazole rings is 1. The van der Waals surface area contributed by atoms with Gasteiger partial charge in [-0.05, 0) is 24.1 Å². The van der Waals surface area contributed by atoms with Crippen molar-refractivity contribution in [3.05, 3.63) is 70.5 Å². The van der Waals surface area contributed by atoms with Gasteiger partial charge in [0, 0.05) is 30.5 Å². The van der Waals surface area contributed by atoms with E-state index in [0.717, 1.165) is 10.1 Å². The molecule has 9 nitrogen and oxygen atoms in total. The van der Waals surface area contributed by atoms with E-state index < -0.39 is 11.0 Å². The van der Waals surface area contributed by atoms with Crippen molar-refractivity contribution in [2.45, 2.75) is 13.5 Å². The number of non-ortho nitro benzene ring substituents is 1. The Morgan fingerprint density at radius 3 is 2.73 bits per heavy atom. The summed E-state index contributed by atoms with van der Waals surface area (Å²) in [6, 6.07) is 12.5.